The molecule has 2 aliphatic heterocycles. The van der Waals surface area contributed by atoms with Crippen LogP contribution in [0.3, 0.4) is 0 Å². The molecule has 2 heterocycles. The van der Waals surface area contributed by atoms with Gasteiger partial charge >= 0.3 is 6.03 Å². The Morgan fingerprint density at radius 1 is 1.27 bits per heavy atom. The molecule has 2 atom stereocenters. The van der Waals surface area contributed by atoms with Crippen molar-refractivity contribution in [2.45, 2.75) is 44.6 Å². The van der Waals surface area contributed by atoms with Gasteiger partial charge < -0.3 is 10.2 Å². The van der Waals surface area contributed by atoms with Gasteiger partial charge in [0.1, 0.15) is 5.54 Å². The van der Waals surface area contributed by atoms with Gasteiger partial charge in [-0.05, 0) is 49.8 Å². The van der Waals surface area contributed by atoms with Crippen LogP contribution >= 0.6 is 11.6 Å². The summed E-state index contributed by atoms with van der Waals surface area (Å²) >= 11 is 5.94. The van der Waals surface area contributed by atoms with Gasteiger partial charge in [0.15, 0.2) is 0 Å². The van der Waals surface area contributed by atoms with Crippen LogP contribution in [0.4, 0.5) is 4.79 Å². The van der Waals surface area contributed by atoms with E-state index in [0.29, 0.717) is 25.4 Å². The van der Waals surface area contributed by atoms with Crippen LogP contribution in [0.5, 0.6) is 0 Å². The Morgan fingerprint density at radius 3 is 2.42 bits per heavy atom. The van der Waals surface area contributed by atoms with Crippen molar-refractivity contribution in [3.05, 3.63) is 34.9 Å². The monoisotopic (exact) mass is 377 g/mol. The lowest BCUT2D eigenvalue weighted by atomic mass is 9.87. The molecule has 0 bridgehead atoms. The molecule has 140 valence electrons. The predicted molar refractivity (Wildman–Crippen MR) is 98.9 cm³/mol. The Morgan fingerprint density at radius 2 is 1.88 bits per heavy atom. The Bertz CT molecular complexity index is 713. The second-order valence-corrected chi connectivity index (χ2v) is 7.93. The van der Waals surface area contributed by atoms with E-state index in [4.69, 9.17) is 11.6 Å². The van der Waals surface area contributed by atoms with E-state index in [0.717, 1.165) is 17.9 Å². The van der Waals surface area contributed by atoms with E-state index in [1.807, 2.05) is 24.0 Å². The quantitative estimate of drug-likeness (QED) is 0.792. The summed E-state index contributed by atoms with van der Waals surface area (Å²) in [4.78, 5) is 37.9. The molecule has 7 heteroatoms. The Labute approximate surface area is 158 Å². The second-order valence-electron chi connectivity index (χ2n) is 7.50. The summed E-state index contributed by atoms with van der Waals surface area (Å²) in [5, 5.41) is 5.58. The van der Waals surface area contributed by atoms with Gasteiger partial charge in [0, 0.05) is 24.0 Å². The maximum atomic E-state index is 12.8. The van der Waals surface area contributed by atoms with E-state index in [-0.39, 0.29) is 17.7 Å². The molecule has 1 aromatic rings. The van der Waals surface area contributed by atoms with Crippen molar-refractivity contribution in [2.24, 2.45) is 5.92 Å². The molecule has 26 heavy (non-hydrogen) atoms. The highest BCUT2D eigenvalue weighted by Crippen LogP contribution is 2.30. The first-order chi connectivity index (χ1) is 12.3. The number of carbonyl (C=O) groups is 3. The van der Waals surface area contributed by atoms with E-state index in [1.54, 1.807) is 6.92 Å². The van der Waals surface area contributed by atoms with Gasteiger partial charge in [-0.15, -0.1) is 0 Å². The number of nitrogens with zero attached hydrogens (tertiary/aromatic N) is 1. The summed E-state index contributed by atoms with van der Waals surface area (Å²) in [7, 11) is 0. The van der Waals surface area contributed by atoms with Crippen molar-refractivity contribution >= 4 is 29.4 Å². The number of benzene rings is 1. The molecular formula is C19H24ClN3O3. The van der Waals surface area contributed by atoms with Gasteiger partial charge in [0.05, 0.1) is 0 Å². The molecule has 0 aliphatic carbocycles. The molecule has 1 unspecified atom stereocenters. The van der Waals surface area contributed by atoms with Crippen molar-refractivity contribution in [2.75, 3.05) is 13.1 Å². The smallest absolute Gasteiger partial charge is 0.322 e. The molecule has 0 radical (unpaired) electrons. The highest BCUT2D eigenvalue weighted by Gasteiger charge is 2.44. The van der Waals surface area contributed by atoms with Crippen LogP contribution in [-0.2, 0) is 9.59 Å². The Balaban J connectivity index is 1.55. The fourth-order valence-corrected chi connectivity index (χ4v) is 4.03. The van der Waals surface area contributed by atoms with Crippen LogP contribution in [0.2, 0.25) is 5.02 Å². The van der Waals surface area contributed by atoms with Crippen LogP contribution in [0.15, 0.2) is 24.3 Å². The van der Waals surface area contributed by atoms with E-state index in [1.165, 1.54) is 5.56 Å². The van der Waals surface area contributed by atoms with Gasteiger partial charge in [-0.25, -0.2) is 4.79 Å². The van der Waals surface area contributed by atoms with Crippen LogP contribution in [0, 0.1) is 5.92 Å². The van der Waals surface area contributed by atoms with Gasteiger partial charge in [-0.1, -0.05) is 30.7 Å². The lowest BCUT2D eigenvalue weighted by Gasteiger charge is -2.35. The molecule has 3 rings (SSSR count). The number of halogens is 1. The molecule has 4 amide bonds. The number of amides is 4. The van der Waals surface area contributed by atoms with Crippen molar-refractivity contribution in [3.63, 3.8) is 0 Å². The Kier molecular flexibility index (Phi) is 5.23. The first-order valence-corrected chi connectivity index (χ1v) is 9.34. The summed E-state index contributed by atoms with van der Waals surface area (Å²) in [5.41, 5.74) is 0.237. The topological polar surface area (TPSA) is 78.5 Å². The maximum Gasteiger partial charge on any atom is 0.322 e. The third-order valence-electron chi connectivity index (χ3n) is 5.40. The fraction of sp³-hybridized carbons (Fsp3) is 0.526. The number of rotatable bonds is 4. The minimum Gasteiger partial charge on any atom is -0.342 e. The third kappa shape index (κ3) is 3.85. The van der Waals surface area contributed by atoms with E-state index < -0.39 is 11.6 Å². The van der Waals surface area contributed by atoms with Crippen LogP contribution < -0.4 is 10.6 Å². The minimum atomic E-state index is -1.02. The molecule has 0 spiro atoms. The van der Waals surface area contributed by atoms with Crippen LogP contribution in [-0.4, -0.2) is 41.4 Å². The van der Waals surface area contributed by atoms with E-state index >= 15 is 0 Å². The number of hydrogen-bond donors (Lipinski definition) is 2. The first-order valence-electron chi connectivity index (χ1n) is 8.96. The highest BCUT2D eigenvalue weighted by atomic mass is 35.5. The van der Waals surface area contributed by atoms with Crippen molar-refractivity contribution in [1.82, 2.24) is 15.5 Å². The lowest BCUT2D eigenvalue weighted by molar-refractivity contribution is -0.137. The molecule has 0 aromatic heterocycles. The third-order valence-corrected chi connectivity index (χ3v) is 5.65. The van der Waals surface area contributed by atoms with Crippen molar-refractivity contribution < 1.29 is 14.4 Å². The number of hydrogen-bond acceptors (Lipinski definition) is 3. The van der Waals surface area contributed by atoms with E-state index in [2.05, 4.69) is 22.8 Å². The van der Waals surface area contributed by atoms with Crippen molar-refractivity contribution in [1.29, 1.82) is 0 Å². The normalized spacial score (nSPS) is 25.0. The number of piperidine rings is 1. The molecule has 2 saturated heterocycles. The molecule has 2 fully saturated rings. The minimum absolute atomic E-state index is 0.0368. The summed E-state index contributed by atoms with van der Waals surface area (Å²) in [6.07, 6.45) is 2.11. The summed E-state index contributed by atoms with van der Waals surface area (Å²) in [6, 6.07) is 7.40. The van der Waals surface area contributed by atoms with Gasteiger partial charge in [0.2, 0.25) is 5.91 Å². The van der Waals surface area contributed by atoms with E-state index in [9.17, 15) is 14.4 Å². The largest absolute Gasteiger partial charge is 0.342 e. The summed E-state index contributed by atoms with van der Waals surface area (Å²) < 4.78 is 0. The fourth-order valence-electron chi connectivity index (χ4n) is 3.90. The average Bonchev–Trinajstić information content (AvgIpc) is 2.86. The second kappa shape index (κ2) is 7.27. The molecule has 0 saturated carbocycles. The number of carbonyl (C=O) groups excluding carboxylic acids is 3. The number of likely N-dealkylation sites (tertiary alicyclic amines) is 1. The zero-order chi connectivity index (χ0) is 18.9. The summed E-state index contributed by atoms with van der Waals surface area (Å²) in [5.74, 6) is -0.237. The molecule has 6 nitrogen and oxygen atoms in total. The Hall–Kier alpha value is -2.08. The zero-order valence-electron chi connectivity index (χ0n) is 15.0. The standard InChI is InChI=1S/C19H24ClN3O3/c1-12(11-19(2)17(25)21-18(26)22-19)16(24)23-9-7-14(8-10-23)13-3-5-15(20)6-4-13/h3-6,12,14H,7-11H2,1-2H3,(H2,21,22,25,26)/t12?,19-/m1/s1. The maximum absolute atomic E-state index is 12.8. The van der Waals surface area contributed by atoms with Crippen LogP contribution in [0.25, 0.3) is 0 Å². The van der Waals surface area contributed by atoms with Gasteiger partial charge in [-0.3, -0.25) is 14.9 Å². The number of imide groups is 1. The van der Waals surface area contributed by atoms with Crippen LogP contribution in [0.1, 0.15) is 44.6 Å². The first kappa shape index (κ1) is 18.7. The molecule has 2 N–H and O–H groups in total. The lowest BCUT2D eigenvalue weighted by Crippen LogP contribution is -2.48. The molecule has 2 aliphatic rings. The highest BCUT2D eigenvalue weighted by molar-refractivity contribution is 6.30. The molecular weight excluding hydrogens is 354 g/mol. The number of nitrogens with one attached hydrogen (secondary N) is 2. The van der Waals surface area contributed by atoms with Crippen molar-refractivity contribution in [3.8, 4) is 0 Å². The molecule has 1 aromatic carbocycles. The zero-order valence-corrected chi connectivity index (χ0v) is 15.8. The average molecular weight is 378 g/mol. The SMILES string of the molecule is CC(C[C@@]1(C)NC(=O)NC1=O)C(=O)N1CCC(c2ccc(Cl)cc2)CC1. The van der Waals surface area contributed by atoms with Gasteiger partial charge in [-0.2, -0.15) is 0 Å². The predicted octanol–water partition coefficient (Wildman–Crippen LogP) is 2.67. The van der Waals surface area contributed by atoms with Gasteiger partial charge in [0.25, 0.3) is 5.91 Å². The summed E-state index contributed by atoms with van der Waals surface area (Å²) in [6.45, 7) is 4.87. The number of urea groups is 1.